The molecule has 2 aliphatic rings. The molecule has 2 aromatic rings. The van der Waals surface area contributed by atoms with Gasteiger partial charge in [0.05, 0.1) is 19.3 Å². The fraction of sp³-hybridized carbons (Fsp3) is 0.286. The van der Waals surface area contributed by atoms with Gasteiger partial charge >= 0.3 is 0 Å². The molecule has 1 fully saturated rings. The lowest BCUT2D eigenvalue weighted by Crippen LogP contribution is -2.36. The molecule has 29 heavy (non-hydrogen) atoms. The quantitative estimate of drug-likeness (QED) is 0.713. The molecule has 6 nitrogen and oxygen atoms in total. The van der Waals surface area contributed by atoms with Crippen molar-refractivity contribution < 1.29 is 14.6 Å². The van der Waals surface area contributed by atoms with E-state index in [1.807, 2.05) is 25.1 Å². The molecule has 152 valence electrons. The maximum Gasteiger partial charge on any atom is 0.272 e. The highest BCUT2D eigenvalue weighted by Gasteiger charge is 2.29. The van der Waals surface area contributed by atoms with E-state index in [4.69, 9.17) is 16.3 Å². The first-order chi connectivity index (χ1) is 14.0. The molecule has 2 heterocycles. The minimum absolute atomic E-state index is 0.137. The number of amides is 1. The Morgan fingerprint density at radius 1 is 1.24 bits per heavy atom. The Labute approximate surface area is 179 Å². The van der Waals surface area contributed by atoms with E-state index in [0.717, 1.165) is 36.8 Å². The van der Waals surface area contributed by atoms with Crippen molar-refractivity contribution in [2.75, 3.05) is 26.3 Å². The molecular formula is C21H22ClN3O3S. The Hall–Kier alpha value is -2.03. The summed E-state index contributed by atoms with van der Waals surface area (Å²) in [6.45, 7) is 5.10. The van der Waals surface area contributed by atoms with Gasteiger partial charge < -0.3 is 9.84 Å². The van der Waals surface area contributed by atoms with E-state index >= 15 is 0 Å². The average molecular weight is 432 g/mol. The van der Waals surface area contributed by atoms with Gasteiger partial charge in [-0.2, -0.15) is 0 Å². The van der Waals surface area contributed by atoms with E-state index in [2.05, 4.69) is 9.73 Å². The third-order valence-electron chi connectivity index (χ3n) is 4.86. The number of morpholine rings is 1. The fourth-order valence-corrected chi connectivity index (χ4v) is 4.49. The van der Waals surface area contributed by atoms with E-state index in [1.54, 1.807) is 42.4 Å². The van der Waals surface area contributed by atoms with Crippen LogP contribution in [0.15, 0.2) is 59.1 Å². The second kappa shape index (κ2) is 8.77. The number of hydrazine groups is 1. The molecule has 2 N–H and O–H groups in total. The van der Waals surface area contributed by atoms with Gasteiger partial charge in [-0.05, 0) is 60.8 Å². The first kappa shape index (κ1) is 20.3. The Kier molecular flexibility index (Phi) is 6.12. The molecule has 0 radical (unpaired) electrons. The molecular weight excluding hydrogens is 410 g/mol. The number of phenols is 1. The van der Waals surface area contributed by atoms with Gasteiger partial charge in [0.25, 0.3) is 5.91 Å². The van der Waals surface area contributed by atoms with Crippen LogP contribution >= 0.6 is 23.5 Å². The third kappa shape index (κ3) is 4.60. The number of phenolic OH excluding ortho intramolecular Hbond substituents is 1. The molecule has 0 aromatic heterocycles. The Balaban J connectivity index is 1.49. The first-order valence-corrected chi connectivity index (χ1v) is 10.5. The summed E-state index contributed by atoms with van der Waals surface area (Å²) in [5.74, 6) is -0.0179. The van der Waals surface area contributed by atoms with Crippen molar-refractivity contribution in [2.24, 2.45) is 0 Å². The number of aromatic hydroxyl groups is 1. The number of nitrogens with one attached hydrogen (secondary N) is 1. The van der Waals surface area contributed by atoms with E-state index in [-0.39, 0.29) is 17.7 Å². The van der Waals surface area contributed by atoms with Crippen molar-refractivity contribution in [3.05, 3.63) is 70.4 Å². The molecule has 1 amide bonds. The SMILES string of the molecule is CC1=CN(C(=O)c2cccc(SN3CCOCC3)c2)NC1c1cc(Cl)ccc1O. The van der Waals surface area contributed by atoms with Crippen LogP contribution in [0.4, 0.5) is 0 Å². The number of hydrogen-bond donors (Lipinski definition) is 2. The van der Waals surface area contributed by atoms with Crippen molar-refractivity contribution in [3.8, 4) is 5.75 Å². The summed E-state index contributed by atoms with van der Waals surface area (Å²) in [7, 11) is 0. The topological polar surface area (TPSA) is 65.0 Å². The molecule has 1 atom stereocenters. The van der Waals surface area contributed by atoms with Gasteiger partial charge in [0.1, 0.15) is 5.75 Å². The predicted molar refractivity (Wildman–Crippen MR) is 114 cm³/mol. The molecule has 1 unspecified atom stereocenters. The van der Waals surface area contributed by atoms with Crippen LogP contribution in [0.3, 0.4) is 0 Å². The molecule has 0 bridgehead atoms. The lowest BCUT2D eigenvalue weighted by Gasteiger charge is -2.25. The minimum Gasteiger partial charge on any atom is -0.508 e. The van der Waals surface area contributed by atoms with Gasteiger partial charge in [-0.15, -0.1) is 0 Å². The highest BCUT2D eigenvalue weighted by molar-refractivity contribution is 7.97. The molecule has 2 aromatic carbocycles. The molecule has 8 heteroatoms. The maximum absolute atomic E-state index is 13.1. The Bertz CT molecular complexity index is 947. The van der Waals surface area contributed by atoms with Gasteiger partial charge in [0.15, 0.2) is 0 Å². The summed E-state index contributed by atoms with van der Waals surface area (Å²) in [6.07, 6.45) is 1.76. The van der Waals surface area contributed by atoms with Crippen LogP contribution in [-0.2, 0) is 4.74 Å². The van der Waals surface area contributed by atoms with Gasteiger partial charge in [0, 0.05) is 40.3 Å². The third-order valence-corrected chi connectivity index (χ3v) is 6.18. The van der Waals surface area contributed by atoms with Gasteiger partial charge in [-0.25, -0.2) is 14.7 Å². The number of carbonyl (C=O) groups is 1. The molecule has 0 saturated carbocycles. The minimum atomic E-state index is -0.316. The summed E-state index contributed by atoms with van der Waals surface area (Å²) in [5, 5.41) is 12.2. The number of benzene rings is 2. The zero-order valence-electron chi connectivity index (χ0n) is 16.0. The van der Waals surface area contributed by atoms with E-state index in [1.165, 1.54) is 5.01 Å². The summed E-state index contributed by atoms with van der Waals surface area (Å²) in [4.78, 5) is 14.1. The first-order valence-electron chi connectivity index (χ1n) is 9.38. The van der Waals surface area contributed by atoms with Crippen LogP contribution in [0.2, 0.25) is 5.02 Å². The van der Waals surface area contributed by atoms with E-state index in [0.29, 0.717) is 16.1 Å². The summed E-state index contributed by atoms with van der Waals surface area (Å²) in [6, 6.07) is 12.2. The monoisotopic (exact) mass is 431 g/mol. The van der Waals surface area contributed by atoms with Crippen molar-refractivity contribution in [1.29, 1.82) is 0 Å². The van der Waals surface area contributed by atoms with Crippen LogP contribution in [0.5, 0.6) is 5.75 Å². The van der Waals surface area contributed by atoms with Crippen molar-refractivity contribution in [3.63, 3.8) is 0 Å². The zero-order valence-corrected chi connectivity index (χ0v) is 17.5. The zero-order chi connectivity index (χ0) is 20.4. The smallest absolute Gasteiger partial charge is 0.272 e. The molecule has 2 aliphatic heterocycles. The van der Waals surface area contributed by atoms with Crippen molar-refractivity contribution in [2.45, 2.75) is 17.9 Å². The molecule has 0 aliphatic carbocycles. The number of nitrogens with zero attached hydrogens (tertiary/aromatic N) is 2. The van der Waals surface area contributed by atoms with E-state index < -0.39 is 0 Å². The second-order valence-corrected chi connectivity index (χ2v) is 8.58. The van der Waals surface area contributed by atoms with E-state index in [9.17, 15) is 9.90 Å². The number of halogens is 1. The maximum atomic E-state index is 13.1. The summed E-state index contributed by atoms with van der Waals surface area (Å²) < 4.78 is 7.62. The van der Waals surface area contributed by atoms with Gasteiger partial charge in [-0.3, -0.25) is 4.79 Å². The summed E-state index contributed by atoms with van der Waals surface area (Å²) >= 11 is 7.72. The van der Waals surface area contributed by atoms with Crippen LogP contribution in [0, 0.1) is 0 Å². The molecule has 0 spiro atoms. The average Bonchev–Trinajstić information content (AvgIpc) is 3.11. The van der Waals surface area contributed by atoms with Gasteiger partial charge in [-0.1, -0.05) is 17.7 Å². The largest absolute Gasteiger partial charge is 0.508 e. The number of rotatable bonds is 4. The van der Waals surface area contributed by atoms with Gasteiger partial charge in [0.2, 0.25) is 0 Å². The van der Waals surface area contributed by atoms with Crippen LogP contribution in [0.1, 0.15) is 28.9 Å². The Morgan fingerprint density at radius 3 is 2.83 bits per heavy atom. The second-order valence-electron chi connectivity index (χ2n) is 6.97. The van der Waals surface area contributed by atoms with Crippen molar-refractivity contribution in [1.82, 2.24) is 14.7 Å². The molecule has 1 saturated heterocycles. The standard InChI is InChI=1S/C21H22ClN3O3S/c1-14-13-25(23-20(14)18-12-16(22)5-6-19(18)26)21(27)15-3-2-4-17(11-15)29-24-7-9-28-10-8-24/h2-6,11-13,20,23,26H,7-10H2,1H3. The predicted octanol–water partition coefficient (Wildman–Crippen LogP) is 3.99. The van der Waals surface area contributed by atoms with Crippen LogP contribution in [0.25, 0.3) is 0 Å². The van der Waals surface area contributed by atoms with Crippen molar-refractivity contribution >= 4 is 29.5 Å². The normalized spacial score (nSPS) is 20.0. The Morgan fingerprint density at radius 2 is 2.03 bits per heavy atom. The van der Waals surface area contributed by atoms with Crippen LogP contribution < -0.4 is 5.43 Å². The molecule has 4 rings (SSSR count). The fourth-order valence-electron chi connectivity index (χ4n) is 3.36. The highest BCUT2D eigenvalue weighted by Crippen LogP contribution is 2.35. The number of hydrogen-bond acceptors (Lipinski definition) is 6. The summed E-state index contributed by atoms with van der Waals surface area (Å²) in [5.41, 5.74) is 5.31. The highest BCUT2D eigenvalue weighted by atomic mass is 35.5. The van der Waals surface area contributed by atoms with Crippen LogP contribution in [-0.4, -0.2) is 46.6 Å². The number of ether oxygens (including phenoxy) is 1. The lowest BCUT2D eigenvalue weighted by molar-refractivity contribution is 0.0759. The number of carbonyl (C=O) groups excluding carboxylic acids is 1. The lowest BCUT2D eigenvalue weighted by atomic mass is 10.0.